The fourth-order valence-corrected chi connectivity index (χ4v) is 1.84. The molecule has 1 atom stereocenters. The average Bonchev–Trinajstić information content (AvgIpc) is 2.42. The quantitative estimate of drug-likeness (QED) is 0.586. The Morgan fingerprint density at radius 2 is 2.10 bits per heavy atom. The zero-order chi connectivity index (χ0) is 15.1. The van der Waals surface area contributed by atoms with Crippen molar-refractivity contribution >= 4 is 11.4 Å². The smallest absolute Gasteiger partial charge is 0.333 e. The molecule has 112 valence electrons. The van der Waals surface area contributed by atoms with E-state index in [1.807, 2.05) is 20.8 Å². The molecule has 0 saturated carbocycles. The molecule has 0 amide bonds. The van der Waals surface area contributed by atoms with E-state index in [-0.39, 0.29) is 23.4 Å². The minimum atomic E-state index is -0.431. The van der Waals surface area contributed by atoms with E-state index in [1.54, 1.807) is 18.2 Å². The molecule has 0 aliphatic heterocycles. The Morgan fingerprint density at radius 3 is 2.60 bits per heavy atom. The highest BCUT2D eigenvalue weighted by atomic mass is 16.6. The topological polar surface area (TPSA) is 73.6 Å². The first-order valence-corrected chi connectivity index (χ1v) is 6.66. The van der Waals surface area contributed by atoms with Gasteiger partial charge in [0.2, 0.25) is 0 Å². The summed E-state index contributed by atoms with van der Waals surface area (Å²) in [7, 11) is 1.42. The van der Waals surface area contributed by atoms with Crippen LogP contribution in [0.25, 0.3) is 0 Å². The van der Waals surface area contributed by atoms with E-state index < -0.39 is 4.92 Å². The number of hydrogen-bond donors (Lipinski definition) is 1. The fourth-order valence-electron chi connectivity index (χ4n) is 1.84. The Morgan fingerprint density at radius 1 is 1.40 bits per heavy atom. The maximum atomic E-state index is 11.2. The molecule has 0 heterocycles. The van der Waals surface area contributed by atoms with Gasteiger partial charge in [0, 0.05) is 6.61 Å². The van der Waals surface area contributed by atoms with E-state index in [4.69, 9.17) is 9.47 Å². The lowest BCUT2D eigenvalue weighted by Gasteiger charge is -2.23. The molecular weight excluding hydrogens is 260 g/mol. The standard InChI is InChI=1S/C14H22N2O4/c1-5-20-9-12(10(2)3)15-11-7-6-8-13(19-4)14(11)16(17)18/h6-8,10,12,15H,5,9H2,1-4H3. The molecule has 1 aromatic rings. The summed E-state index contributed by atoms with van der Waals surface area (Å²) in [6.07, 6.45) is 0. The third kappa shape index (κ3) is 4.09. The van der Waals surface area contributed by atoms with Gasteiger partial charge in [0.1, 0.15) is 5.69 Å². The third-order valence-electron chi connectivity index (χ3n) is 3.05. The highest BCUT2D eigenvalue weighted by Gasteiger charge is 2.23. The zero-order valence-electron chi connectivity index (χ0n) is 12.4. The summed E-state index contributed by atoms with van der Waals surface area (Å²) in [5, 5.41) is 14.4. The van der Waals surface area contributed by atoms with Crippen molar-refractivity contribution in [2.45, 2.75) is 26.8 Å². The van der Waals surface area contributed by atoms with Crippen LogP contribution < -0.4 is 10.1 Å². The summed E-state index contributed by atoms with van der Waals surface area (Å²) < 4.78 is 10.5. The molecular formula is C14H22N2O4. The van der Waals surface area contributed by atoms with E-state index in [2.05, 4.69) is 5.32 Å². The highest BCUT2D eigenvalue weighted by Crippen LogP contribution is 2.35. The van der Waals surface area contributed by atoms with Crippen molar-refractivity contribution in [3.8, 4) is 5.75 Å². The number of rotatable bonds is 8. The first kappa shape index (κ1) is 16.2. The lowest BCUT2D eigenvalue weighted by Crippen LogP contribution is -2.31. The molecule has 1 unspecified atom stereocenters. The molecule has 1 aromatic carbocycles. The SMILES string of the molecule is CCOCC(Nc1cccc(OC)c1[N+](=O)[O-])C(C)C. The number of nitro groups is 1. The third-order valence-corrected chi connectivity index (χ3v) is 3.05. The first-order valence-electron chi connectivity index (χ1n) is 6.66. The van der Waals surface area contributed by atoms with Gasteiger partial charge in [-0.1, -0.05) is 19.9 Å². The van der Waals surface area contributed by atoms with Gasteiger partial charge in [-0.3, -0.25) is 10.1 Å². The fraction of sp³-hybridized carbons (Fsp3) is 0.571. The molecule has 1 rings (SSSR count). The predicted molar refractivity (Wildman–Crippen MR) is 78.4 cm³/mol. The van der Waals surface area contributed by atoms with Crippen LogP contribution in [0.1, 0.15) is 20.8 Å². The summed E-state index contributed by atoms with van der Waals surface area (Å²) >= 11 is 0. The highest BCUT2D eigenvalue weighted by molar-refractivity contribution is 5.68. The van der Waals surface area contributed by atoms with Crippen molar-refractivity contribution in [3.63, 3.8) is 0 Å². The van der Waals surface area contributed by atoms with Gasteiger partial charge >= 0.3 is 5.69 Å². The van der Waals surface area contributed by atoms with Crippen LogP contribution in [-0.4, -0.2) is 31.3 Å². The molecule has 1 N–H and O–H groups in total. The number of benzene rings is 1. The summed E-state index contributed by atoms with van der Waals surface area (Å²) in [6, 6.07) is 4.99. The number of nitrogens with one attached hydrogen (secondary N) is 1. The lowest BCUT2D eigenvalue weighted by molar-refractivity contribution is -0.384. The lowest BCUT2D eigenvalue weighted by atomic mass is 10.0. The molecule has 20 heavy (non-hydrogen) atoms. The number of nitro benzene ring substituents is 1. The monoisotopic (exact) mass is 282 g/mol. The largest absolute Gasteiger partial charge is 0.490 e. The van der Waals surface area contributed by atoms with Crippen molar-refractivity contribution in [1.82, 2.24) is 0 Å². The number of ether oxygens (including phenoxy) is 2. The Kier molecular flexibility index (Phi) is 6.24. The van der Waals surface area contributed by atoms with Crippen molar-refractivity contribution in [2.24, 2.45) is 5.92 Å². The van der Waals surface area contributed by atoms with Crippen LogP contribution >= 0.6 is 0 Å². The summed E-state index contributed by atoms with van der Waals surface area (Å²) in [5.41, 5.74) is 0.407. The summed E-state index contributed by atoms with van der Waals surface area (Å²) in [5.74, 6) is 0.534. The predicted octanol–water partition coefficient (Wildman–Crippen LogP) is 3.08. The molecule has 0 aliphatic rings. The second-order valence-corrected chi connectivity index (χ2v) is 4.77. The van der Waals surface area contributed by atoms with Gasteiger partial charge < -0.3 is 14.8 Å². The van der Waals surface area contributed by atoms with Gasteiger partial charge in [-0.2, -0.15) is 0 Å². The van der Waals surface area contributed by atoms with Crippen molar-refractivity contribution < 1.29 is 14.4 Å². The summed E-state index contributed by atoms with van der Waals surface area (Å²) in [6.45, 7) is 7.13. The molecule has 6 nitrogen and oxygen atoms in total. The normalized spacial score (nSPS) is 12.2. The van der Waals surface area contributed by atoms with Crippen molar-refractivity contribution in [3.05, 3.63) is 28.3 Å². The second kappa shape index (κ2) is 7.69. The minimum Gasteiger partial charge on any atom is -0.490 e. The molecule has 6 heteroatoms. The van der Waals surface area contributed by atoms with E-state index >= 15 is 0 Å². The van der Waals surface area contributed by atoms with Gasteiger partial charge in [-0.25, -0.2) is 0 Å². The first-order chi connectivity index (χ1) is 9.51. The Labute approximate surface area is 119 Å². The van der Waals surface area contributed by atoms with Gasteiger partial charge in [-0.05, 0) is 25.0 Å². The number of nitrogens with zero attached hydrogens (tertiary/aromatic N) is 1. The van der Waals surface area contributed by atoms with Crippen LogP contribution in [0.5, 0.6) is 5.75 Å². The average molecular weight is 282 g/mol. The van der Waals surface area contributed by atoms with Crippen LogP contribution in [0.4, 0.5) is 11.4 Å². The maximum Gasteiger partial charge on any atom is 0.333 e. The Balaban J connectivity index is 3.02. The molecule has 0 fully saturated rings. The van der Waals surface area contributed by atoms with Crippen LogP contribution in [0.2, 0.25) is 0 Å². The van der Waals surface area contributed by atoms with Crippen LogP contribution in [-0.2, 0) is 4.74 Å². The van der Waals surface area contributed by atoms with Gasteiger partial charge in [0.25, 0.3) is 0 Å². The van der Waals surface area contributed by atoms with Crippen LogP contribution in [0, 0.1) is 16.0 Å². The molecule has 0 saturated heterocycles. The number of methoxy groups -OCH3 is 1. The van der Waals surface area contributed by atoms with Gasteiger partial charge in [0.05, 0.1) is 24.7 Å². The molecule has 0 aliphatic carbocycles. The maximum absolute atomic E-state index is 11.2. The van der Waals surface area contributed by atoms with Crippen LogP contribution in [0.15, 0.2) is 18.2 Å². The van der Waals surface area contributed by atoms with E-state index in [9.17, 15) is 10.1 Å². The Bertz CT molecular complexity index is 449. The molecule has 0 spiro atoms. The van der Waals surface area contributed by atoms with E-state index in [0.29, 0.717) is 18.9 Å². The molecule has 0 bridgehead atoms. The molecule has 0 aromatic heterocycles. The van der Waals surface area contributed by atoms with Gasteiger partial charge in [0.15, 0.2) is 5.75 Å². The minimum absolute atomic E-state index is 0.000700. The number of para-hydroxylation sites is 1. The molecule has 0 radical (unpaired) electrons. The number of anilines is 1. The van der Waals surface area contributed by atoms with Crippen molar-refractivity contribution in [1.29, 1.82) is 0 Å². The van der Waals surface area contributed by atoms with Crippen LogP contribution in [0.3, 0.4) is 0 Å². The van der Waals surface area contributed by atoms with Gasteiger partial charge in [-0.15, -0.1) is 0 Å². The van der Waals surface area contributed by atoms with Crippen molar-refractivity contribution in [2.75, 3.05) is 25.6 Å². The zero-order valence-corrected chi connectivity index (χ0v) is 12.4. The van der Waals surface area contributed by atoms with E-state index in [0.717, 1.165) is 0 Å². The Hall–Kier alpha value is -1.82. The van der Waals surface area contributed by atoms with E-state index in [1.165, 1.54) is 7.11 Å². The second-order valence-electron chi connectivity index (χ2n) is 4.77. The number of hydrogen-bond acceptors (Lipinski definition) is 5. The summed E-state index contributed by atoms with van der Waals surface area (Å²) in [4.78, 5) is 10.8.